The Kier molecular flexibility index (Phi) is 4.55. The molecular formula is C14H20O3. The molecule has 1 aromatic carbocycles. The molecule has 0 aliphatic carbocycles. The van der Waals surface area contributed by atoms with Gasteiger partial charge >= 0.3 is 5.97 Å². The summed E-state index contributed by atoms with van der Waals surface area (Å²) in [5.41, 5.74) is 0.150. The lowest BCUT2D eigenvalue weighted by Crippen LogP contribution is -2.33. The van der Waals surface area contributed by atoms with E-state index in [2.05, 4.69) is 20.8 Å². The molecule has 0 bridgehead atoms. The van der Waals surface area contributed by atoms with Gasteiger partial charge in [-0.25, -0.2) is 4.79 Å². The molecule has 0 amide bonds. The molecule has 0 spiro atoms. The predicted molar refractivity (Wildman–Crippen MR) is 67.6 cm³/mol. The topological polar surface area (TPSA) is 46.5 Å². The quantitative estimate of drug-likeness (QED) is 0.818. The second kappa shape index (κ2) is 5.71. The van der Waals surface area contributed by atoms with E-state index in [-0.39, 0.29) is 11.2 Å². The van der Waals surface area contributed by atoms with Crippen molar-refractivity contribution in [3.63, 3.8) is 0 Å². The molecule has 3 heteroatoms. The van der Waals surface area contributed by atoms with E-state index in [9.17, 15) is 4.79 Å². The van der Waals surface area contributed by atoms with E-state index in [0.717, 1.165) is 25.0 Å². The average Bonchev–Trinajstić information content (AvgIpc) is 2.37. The maximum absolute atomic E-state index is 10.7. The van der Waals surface area contributed by atoms with Crippen molar-refractivity contribution in [1.29, 1.82) is 0 Å². The molecule has 0 aromatic heterocycles. The first kappa shape index (κ1) is 13.6. The van der Waals surface area contributed by atoms with Crippen molar-refractivity contribution in [2.75, 3.05) is 0 Å². The predicted octanol–water partition coefficient (Wildman–Crippen LogP) is 3.73. The van der Waals surface area contributed by atoms with Crippen LogP contribution in [-0.4, -0.2) is 16.7 Å². The number of benzene rings is 1. The number of hydrogen-bond acceptors (Lipinski definition) is 2. The minimum atomic E-state index is -0.913. The first-order valence-corrected chi connectivity index (χ1v) is 6.09. The van der Waals surface area contributed by atoms with Crippen LogP contribution >= 0.6 is 0 Å². The number of carbonyl (C=O) groups is 1. The SMILES string of the molecule is CCC(CC)(CC)Oc1ccc(C(=O)O)cc1. The minimum Gasteiger partial charge on any atom is -0.487 e. The van der Waals surface area contributed by atoms with Gasteiger partial charge in [0.05, 0.1) is 5.56 Å². The first-order valence-electron chi connectivity index (χ1n) is 6.09. The molecule has 0 unspecified atom stereocenters. The Morgan fingerprint density at radius 2 is 1.59 bits per heavy atom. The summed E-state index contributed by atoms with van der Waals surface area (Å²) in [6.07, 6.45) is 2.84. The zero-order valence-electron chi connectivity index (χ0n) is 10.7. The Labute approximate surface area is 102 Å². The van der Waals surface area contributed by atoms with Crippen LogP contribution in [0.1, 0.15) is 50.4 Å². The number of hydrogen-bond donors (Lipinski definition) is 1. The molecule has 0 saturated carbocycles. The highest BCUT2D eigenvalue weighted by atomic mass is 16.5. The van der Waals surface area contributed by atoms with E-state index in [1.54, 1.807) is 24.3 Å². The minimum absolute atomic E-state index is 0.134. The van der Waals surface area contributed by atoms with Crippen LogP contribution in [0.4, 0.5) is 0 Å². The van der Waals surface area contributed by atoms with Crippen LogP contribution in [0.15, 0.2) is 24.3 Å². The number of aromatic carboxylic acids is 1. The average molecular weight is 236 g/mol. The molecule has 0 heterocycles. The Morgan fingerprint density at radius 3 is 1.94 bits per heavy atom. The van der Waals surface area contributed by atoms with E-state index in [1.807, 2.05) is 0 Å². The van der Waals surface area contributed by atoms with Gasteiger partial charge in [-0.2, -0.15) is 0 Å². The second-order valence-electron chi connectivity index (χ2n) is 4.18. The summed E-state index contributed by atoms with van der Waals surface area (Å²) in [6.45, 7) is 6.33. The van der Waals surface area contributed by atoms with E-state index >= 15 is 0 Å². The van der Waals surface area contributed by atoms with Gasteiger partial charge in [0.1, 0.15) is 11.4 Å². The molecule has 0 fully saturated rings. The Morgan fingerprint density at radius 1 is 1.12 bits per heavy atom. The summed E-state index contributed by atoms with van der Waals surface area (Å²) in [5, 5.41) is 8.81. The summed E-state index contributed by atoms with van der Waals surface area (Å²) in [6, 6.07) is 6.59. The van der Waals surface area contributed by atoms with Crippen molar-refractivity contribution in [2.45, 2.75) is 45.6 Å². The molecule has 94 valence electrons. The van der Waals surface area contributed by atoms with E-state index in [0.29, 0.717) is 0 Å². The van der Waals surface area contributed by atoms with Gasteiger partial charge in [-0.1, -0.05) is 20.8 Å². The van der Waals surface area contributed by atoms with Crippen LogP contribution in [0.25, 0.3) is 0 Å². The van der Waals surface area contributed by atoms with Crippen LogP contribution in [0.3, 0.4) is 0 Å². The van der Waals surface area contributed by atoms with Gasteiger partial charge in [-0.3, -0.25) is 0 Å². The largest absolute Gasteiger partial charge is 0.487 e. The molecule has 1 aromatic rings. The lowest BCUT2D eigenvalue weighted by atomic mass is 9.94. The fraction of sp³-hybridized carbons (Fsp3) is 0.500. The molecule has 0 atom stereocenters. The summed E-state index contributed by atoms with van der Waals surface area (Å²) >= 11 is 0. The Balaban J connectivity index is 2.84. The van der Waals surface area contributed by atoms with Crippen molar-refractivity contribution in [3.8, 4) is 5.75 Å². The maximum atomic E-state index is 10.7. The third-order valence-corrected chi connectivity index (χ3v) is 3.37. The van der Waals surface area contributed by atoms with Gasteiger partial charge in [0.25, 0.3) is 0 Å². The molecule has 0 radical (unpaired) electrons. The highest BCUT2D eigenvalue weighted by molar-refractivity contribution is 5.87. The number of ether oxygens (including phenoxy) is 1. The molecule has 3 nitrogen and oxygen atoms in total. The smallest absolute Gasteiger partial charge is 0.335 e. The van der Waals surface area contributed by atoms with E-state index in [1.165, 1.54) is 0 Å². The molecule has 0 saturated heterocycles. The maximum Gasteiger partial charge on any atom is 0.335 e. The Bertz CT molecular complexity index is 355. The fourth-order valence-corrected chi connectivity index (χ4v) is 1.88. The van der Waals surface area contributed by atoms with Gasteiger partial charge in [0, 0.05) is 0 Å². The molecule has 1 rings (SSSR count). The molecule has 0 aliphatic rings. The molecule has 0 aliphatic heterocycles. The zero-order valence-corrected chi connectivity index (χ0v) is 10.7. The van der Waals surface area contributed by atoms with Crippen LogP contribution in [0.2, 0.25) is 0 Å². The number of rotatable bonds is 6. The summed E-state index contributed by atoms with van der Waals surface area (Å²) in [5.74, 6) is -0.176. The Hall–Kier alpha value is -1.51. The monoisotopic (exact) mass is 236 g/mol. The van der Waals surface area contributed by atoms with E-state index < -0.39 is 5.97 Å². The third-order valence-electron chi connectivity index (χ3n) is 3.37. The van der Waals surface area contributed by atoms with Crippen LogP contribution in [0, 0.1) is 0 Å². The lowest BCUT2D eigenvalue weighted by molar-refractivity contribution is 0.0561. The third kappa shape index (κ3) is 3.22. The highest BCUT2D eigenvalue weighted by Gasteiger charge is 2.25. The van der Waals surface area contributed by atoms with Crippen LogP contribution in [0.5, 0.6) is 5.75 Å². The van der Waals surface area contributed by atoms with Crippen LogP contribution < -0.4 is 4.74 Å². The van der Waals surface area contributed by atoms with Gasteiger partial charge < -0.3 is 9.84 Å². The van der Waals surface area contributed by atoms with Crippen molar-refractivity contribution in [2.24, 2.45) is 0 Å². The van der Waals surface area contributed by atoms with Crippen LogP contribution in [-0.2, 0) is 0 Å². The highest BCUT2D eigenvalue weighted by Crippen LogP contribution is 2.27. The van der Waals surface area contributed by atoms with Crippen molar-refractivity contribution >= 4 is 5.97 Å². The molecule has 1 N–H and O–H groups in total. The lowest BCUT2D eigenvalue weighted by Gasteiger charge is -2.31. The second-order valence-corrected chi connectivity index (χ2v) is 4.18. The molecular weight excluding hydrogens is 216 g/mol. The van der Waals surface area contributed by atoms with Gasteiger partial charge in [0.2, 0.25) is 0 Å². The zero-order chi connectivity index (χ0) is 12.9. The van der Waals surface area contributed by atoms with Gasteiger partial charge in [0.15, 0.2) is 0 Å². The van der Waals surface area contributed by atoms with E-state index in [4.69, 9.17) is 9.84 Å². The van der Waals surface area contributed by atoms with Crippen molar-refractivity contribution in [1.82, 2.24) is 0 Å². The van der Waals surface area contributed by atoms with Gasteiger partial charge in [-0.05, 0) is 43.5 Å². The molecule has 17 heavy (non-hydrogen) atoms. The summed E-state index contributed by atoms with van der Waals surface area (Å²) in [7, 11) is 0. The summed E-state index contributed by atoms with van der Waals surface area (Å²) in [4.78, 5) is 10.7. The number of carboxylic acids is 1. The normalized spacial score (nSPS) is 11.2. The fourth-order valence-electron chi connectivity index (χ4n) is 1.88. The summed E-state index contributed by atoms with van der Waals surface area (Å²) < 4.78 is 5.99. The van der Waals surface area contributed by atoms with Gasteiger partial charge in [-0.15, -0.1) is 0 Å². The number of carboxylic acid groups (broad SMARTS) is 1. The van der Waals surface area contributed by atoms with Crippen molar-refractivity contribution < 1.29 is 14.6 Å². The first-order chi connectivity index (χ1) is 8.06. The standard InChI is InChI=1S/C14H20O3/c1-4-14(5-2,6-3)17-12-9-7-11(8-10-12)13(15)16/h7-10H,4-6H2,1-3H3,(H,15,16). The van der Waals surface area contributed by atoms with Crippen molar-refractivity contribution in [3.05, 3.63) is 29.8 Å².